The van der Waals surface area contributed by atoms with Crippen LogP contribution in [0.1, 0.15) is 15.9 Å². The lowest BCUT2D eigenvalue weighted by molar-refractivity contribution is 0.0770. The molecule has 1 aromatic heterocycles. The molecule has 27 heavy (non-hydrogen) atoms. The number of sulfone groups is 1. The number of benzene rings is 1. The molecular formula is C19H22N4O3S. The fourth-order valence-corrected chi connectivity index (χ4v) is 4.64. The Morgan fingerprint density at radius 3 is 2.56 bits per heavy atom. The molecule has 3 heterocycles. The van der Waals surface area contributed by atoms with Gasteiger partial charge in [0.1, 0.15) is 5.82 Å². The Morgan fingerprint density at radius 1 is 1.04 bits per heavy atom. The van der Waals surface area contributed by atoms with Crippen molar-refractivity contribution in [2.24, 2.45) is 0 Å². The van der Waals surface area contributed by atoms with E-state index < -0.39 is 9.84 Å². The Labute approximate surface area is 158 Å². The van der Waals surface area contributed by atoms with Crippen LogP contribution in [0.2, 0.25) is 0 Å². The lowest BCUT2D eigenvalue weighted by Gasteiger charge is -2.27. The van der Waals surface area contributed by atoms with Crippen LogP contribution in [0.25, 0.3) is 0 Å². The van der Waals surface area contributed by atoms with Gasteiger partial charge in [-0.3, -0.25) is 4.79 Å². The number of amides is 1. The summed E-state index contributed by atoms with van der Waals surface area (Å²) in [5, 5.41) is 3.42. The third-order valence-corrected chi connectivity index (χ3v) is 6.64. The van der Waals surface area contributed by atoms with Crippen LogP contribution in [-0.2, 0) is 16.4 Å². The van der Waals surface area contributed by atoms with E-state index in [4.69, 9.17) is 0 Å². The molecular weight excluding hydrogens is 364 g/mol. The molecule has 142 valence electrons. The van der Waals surface area contributed by atoms with Crippen LogP contribution < -0.4 is 10.2 Å². The predicted octanol–water partition coefficient (Wildman–Crippen LogP) is 1.38. The summed E-state index contributed by atoms with van der Waals surface area (Å²) in [6.07, 6.45) is 1.59. The van der Waals surface area contributed by atoms with Crippen LogP contribution in [0, 0.1) is 0 Å². The number of carbonyl (C=O) groups excluding carboxylic acids is 1. The van der Waals surface area contributed by atoms with E-state index in [1.807, 2.05) is 18.2 Å². The molecule has 7 nitrogen and oxygen atoms in total. The van der Waals surface area contributed by atoms with Crippen LogP contribution in [0.4, 0.5) is 11.5 Å². The van der Waals surface area contributed by atoms with Crippen LogP contribution in [-0.4, -0.2) is 61.9 Å². The molecule has 0 saturated carbocycles. The molecule has 8 heteroatoms. The second-order valence-corrected chi connectivity index (χ2v) is 9.16. The zero-order chi connectivity index (χ0) is 18.9. The van der Waals surface area contributed by atoms with Gasteiger partial charge in [0.05, 0.1) is 17.1 Å². The molecule has 1 aromatic carbocycles. The first-order valence-electron chi connectivity index (χ1n) is 9.04. The minimum atomic E-state index is -3.00. The number of anilines is 2. The zero-order valence-corrected chi connectivity index (χ0v) is 15.8. The van der Waals surface area contributed by atoms with Gasteiger partial charge < -0.3 is 15.1 Å². The molecule has 1 fully saturated rings. The molecule has 2 aromatic rings. The number of carbonyl (C=O) groups is 1. The van der Waals surface area contributed by atoms with Gasteiger partial charge in [-0.15, -0.1) is 0 Å². The highest BCUT2D eigenvalue weighted by Crippen LogP contribution is 2.23. The van der Waals surface area contributed by atoms with E-state index in [0.29, 0.717) is 5.56 Å². The van der Waals surface area contributed by atoms with E-state index in [2.05, 4.69) is 27.3 Å². The monoisotopic (exact) mass is 386 g/mol. The standard InChI is InChI=1S/C19H22N4O3S/c24-19(22-9-11-27(25,26)12-10-22)15-5-6-18(21-13-15)23-8-7-20-17-4-2-1-3-16(17)14-23/h1-6,13,20H,7-12,14H2. The molecule has 0 aliphatic carbocycles. The molecule has 2 aliphatic rings. The normalized spacial score (nSPS) is 19.0. The summed E-state index contributed by atoms with van der Waals surface area (Å²) in [6, 6.07) is 11.9. The lowest BCUT2D eigenvalue weighted by atomic mass is 10.1. The largest absolute Gasteiger partial charge is 0.383 e. The molecule has 0 bridgehead atoms. The SMILES string of the molecule is O=C(c1ccc(N2CCNc3ccccc3C2)nc1)N1CCS(=O)(=O)CC1. The highest BCUT2D eigenvalue weighted by Gasteiger charge is 2.26. The van der Waals surface area contributed by atoms with Crippen molar-refractivity contribution >= 4 is 27.2 Å². The second kappa shape index (κ2) is 7.19. The average molecular weight is 386 g/mol. The van der Waals surface area contributed by atoms with Crippen molar-refractivity contribution < 1.29 is 13.2 Å². The van der Waals surface area contributed by atoms with Crippen LogP contribution in [0.3, 0.4) is 0 Å². The Bertz CT molecular complexity index is 930. The molecule has 0 spiro atoms. The highest BCUT2D eigenvalue weighted by molar-refractivity contribution is 7.91. The third kappa shape index (κ3) is 3.90. The molecule has 2 aliphatic heterocycles. The summed E-state index contributed by atoms with van der Waals surface area (Å²) in [4.78, 5) is 20.8. The number of para-hydroxylation sites is 1. The zero-order valence-electron chi connectivity index (χ0n) is 15.0. The molecule has 4 rings (SSSR count). The van der Waals surface area contributed by atoms with Gasteiger partial charge in [-0.2, -0.15) is 0 Å². The fraction of sp³-hybridized carbons (Fsp3) is 0.368. The first-order valence-corrected chi connectivity index (χ1v) is 10.9. The summed E-state index contributed by atoms with van der Waals surface area (Å²) in [5.74, 6) is 0.729. The molecule has 1 saturated heterocycles. The number of hydrogen-bond donors (Lipinski definition) is 1. The maximum atomic E-state index is 12.6. The van der Waals surface area contributed by atoms with Crippen molar-refractivity contribution in [3.8, 4) is 0 Å². The minimum absolute atomic E-state index is 0.0322. The van der Waals surface area contributed by atoms with Gasteiger partial charge in [0, 0.05) is 44.6 Å². The quantitative estimate of drug-likeness (QED) is 0.840. The highest BCUT2D eigenvalue weighted by atomic mass is 32.2. The lowest BCUT2D eigenvalue weighted by Crippen LogP contribution is -2.43. The smallest absolute Gasteiger partial charge is 0.255 e. The van der Waals surface area contributed by atoms with Gasteiger partial charge in [0.15, 0.2) is 9.84 Å². The van der Waals surface area contributed by atoms with Gasteiger partial charge in [0.2, 0.25) is 0 Å². The van der Waals surface area contributed by atoms with Crippen molar-refractivity contribution in [3.05, 3.63) is 53.7 Å². The number of nitrogens with zero attached hydrogens (tertiary/aromatic N) is 3. The maximum Gasteiger partial charge on any atom is 0.255 e. The molecule has 0 atom stereocenters. The van der Waals surface area contributed by atoms with Gasteiger partial charge in [-0.25, -0.2) is 13.4 Å². The Kier molecular flexibility index (Phi) is 4.73. The number of rotatable bonds is 2. The number of nitrogens with one attached hydrogen (secondary N) is 1. The Morgan fingerprint density at radius 2 is 1.81 bits per heavy atom. The number of hydrogen-bond acceptors (Lipinski definition) is 6. The van der Waals surface area contributed by atoms with Crippen molar-refractivity contribution in [1.82, 2.24) is 9.88 Å². The van der Waals surface area contributed by atoms with Crippen LogP contribution in [0.15, 0.2) is 42.6 Å². The van der Waals surface area contributed by atoms with Crippen molar-refractivity contribution in [2.75, 3.05) is 47.9 Å². The number of fused-ring (bicyclic) bond motifs is 1. The van der Waals surface area contributed by atoms with E-state index in [1.165, 1.54) is 5.56 Å². The van der Waals surface area contributed by atoms with E-state index in [9.17, 15) is 13.2 Å². The Balaban J connectivity index is 1.47. The van der Waals surface area contributed by atoms with E-state index in [0.717, 1.165) is 31.1 Å². The van der Waals surface area contributed by atoms with E-state index >= 15 is 0 Å². The molecule has 0 unspecified atom stereocenters. The summed E-state index contributed by atoms with van der Waals surface area (Å²) in [7, 11) is -3.00. The van der Waals surface area contributed by atoms with Crippen molar-refractivity contribution in [1.29, 1.82) is 0 Å². The topological polar surface area (TPSA) is 82.6 Å². The van der Waals surface area contributed by atoms with E-state index in [-0.39, 0.29) is 30.5 Å². The maximum absolute atomic E-state index is 12.6. The first-order chi connectivity index (χ1) is 13.0. The molecule has 0 radical (unpaired) electrons. The van der Waals surface area contributed by atoms with Crippen LogP contribution >= 0.6 is 0 Å². The first kappa shape index (κ1) is 17.8. The number of aromatic nitrogens is 1. The van der Waals surface area contributed by atoms with Gasteiger partial charge in [0.25, 0.3) is 5.91 Å². The van der Waals surface area contributed by atoms with Gasteiger partial charge in [-0.1, -0.05) is 18.2 Å². The van der Waals surface area contributed by atoms with Gasteiger partial charge in [-0.05, 0) is 23.8 Å². The fourth-order valence-electron chi connectivity index (χ4n) is 3.43. The van der Waals surface area contributed by atoms with E-state index in [1.54, 1.807) is 17.2 Å². The minimum Gasteiger partial charge on any atom is -0.383 e. The molecule has 1 amide bonds. The number of pyridine rings is 1. The molecule has 1 N–H and O–H groups in total. The van der Waals surface area contributed by atoms with Gasteiger partial charge >= 0.3 is 0 Å². The summed E-state index contributed by atoms with van der Waals surface area (Å²) >= 11 is 0. The second-order valence-electron chi connectivity index (χ2n) is 6.85. The summed E-state index contributed by atoms with van der Waals surface area (Å²) in [6.45, 7) is 2.89. The Hall–Kier alpha value is -2.61. The summed E-state index contributed by atoms with van der Waals surface area (Å²) < 4.78 is 23.1. The van der Waals surface area contributed by atoms with Crippen LogP contribution in [0.5, 0.6) is 0 Å². The average Bonchev–Trinajstić information content (AvgIpc) is 2.90. The summed E-state index contributed by atoms with van der Waals surface area (Å²) in [5.41, 5.74) is 2.85. The third-order valence-electron chi connectivity index (χ3n) is 5.03. The predicted molar refractivity (Wildman–Crippen MR) is 105 cm³/mol. The van der Waals surface area contributed by atoms with Crippen molar-refractivity contribution in [3.63, 3.8) is 0 Å². The van der Waals surface area contributed by atoms with Crippen molar-refractivity contribution in [2.45, 2.75) is 6.54 Å².